The Morgan fingerprint density at radius 1 is 1.29 bits per heavy atom. The second kappa shape index (κ2) is 5.66. The highest BCUT2D eigenvalue weighted by Crippen LogP contribution is 2.24. The lowest BCUT2D eigenvalue weighted by Gasteiger charge is -2.15. The van der Waals surface area contributed by atoms with E-state index in [1.165, 1.54) is 19.9 Å². The molecule has 1 aromatic carbocycles. The maximum absolute atomic E-state index is 13.6. The van der Waals surface area contributed by atoms with Gasteiger partial charge in [-0.15, -0.1) is 0 Å². The zero-order valence-electron chi connectivity index (χ0n) is 11.1. The number of rotatable bonds is 4. The Kier molecular flexibility index (Phi) is 4.26. The molecule has 114 valence electrons. The van der Waals surface area contributed by atoms with E-state index >= 15 is 0 Å². The number of aromatic amines is 1. The minimum absolute atomic E-state index is 0.179. The van der Waals surface area contributed by atoms with E-state index in [1.807, 2.05) is 0 Å². The van der Waals surface area contributed by atoms with Gasteiger partial charge in [0.15, 0.2) is 4.21 Å². The molecule has 0 spiro atoms. The second-order valence-corrected chi connectivity index (χ2v) is 7.30. The van der Waals surface area contributed by atoms with Crippen molar-refractivity contribution >= 4 is 21.4 Å². The number of sulfonamides is 1. The van der Waals surface area contributed by atoms with E-state index < -0.39 is 32.6 Å². The molecule has 1 heterocycles. The van der Waals surface area contributed by atoms with Gasteiger partial charge in [-0.2, -0.15) is 0 Å². The number of halogens is 2. The first-order valence-corrected chi connectivity index (χ1v) is 8.18. The fourth-order valence-corrected chi connectivity index (χ4v) is 4.45. The maximum Gasteiger partial charge on any atom is 0.305 e. The Morgan fingerprint density at radius 3 is 2.33 bits per heavy atom. The van der Waals surface area contributed by atoms with Crippen molar-refractivity contribution in [1.82, 2.24) is 9.71 Å². The average molecular weight is 334 g/mol. The summed E-state index contributed by atoms with van der Waals surface area (Å²) in [7, 11) is -4.05. The molecule has 0 aliphatic carbocycles. The molecule has 5 nitrogen and oxygen atoms in total. The molecule has 0 saturated heterocycles. The summed E-state index contributed by atoms with van der Waals surface area (Å²) in [4.78, 5) is 13.0. The van der Waals surface area contributed by atoms with Gasteiger partial charge in [-0.25, -0.2) is 21.9 Å². The van der Waals surface area contributed by atoms with Gasteiger partial charge < -0.3 is 4.98 Å². The fraction of sp³-hybridized carbons (Fsp3) is 0.250. The van der Waals surface area contributed by atoms with Crippen LogP contribution in [0.5, 0.6) is 0 Å². The highest BCUT2D eigenvalue weighted by Gasteiger charge is 2.26. The van der Waals surface area contributed by atoms with Crippen molar-refractivity contribution in [3.05, 3.63) is 50.8 Å². The first kappa shape index (κ1) is 15.8. The lowest BCUT2D eigenvalue weighted by Crippen LogP contribution is -2.28. The number of nitrogens with one attached hydrogen (secondary N) is 2. The third-order valence-electron chi connectivity index (χ3n) is 2.79. The summed E-state index contributed by atoms with van der Waals surface area (Å²) in [6.45, 7) is 2.75. The van der Waals surface area contributed by atoms with Crippen LogP contribution in [-0.2, 0) is 10.0 Å². The molecule has 1 aromatic heterocycles. The molecule has 21 heavy (non-hydrogen) atoms. The van der Waals surface area contributed by atoms with E-state index in [1.54, 1.807) is 0 Å². The zero-order valence-corrected chi connectivity index (χ0v) is 12.7. The zero-order chi connectivity index (χ0) is 15.8. The molecule has 0 saturated carbocycles. The van der Waals surface area contributed by atoms with Crippen LogP contribution in [0.2, 0.25) is 0 Å². The van der Waals surface area contributed by atoms with Gasteiger partial charge in [-0.3, -0.25) is 4.79 Å². The Balaban J connectivity index is 2.37. The highest BCUT2D eigenvalue weighted by molar-refractivity contribution is 7.91. The van der Waals surface area contributed by atoms with Crippen molar-refractivity contribution in [3.8, 4) is 0 Å². The molecule has 0 amide bonds. The number of benzene rings is 1. The third kappa shape index (κ3) is 3.20. The molecule has 0 aliphatic rings. The second-order valence-electron chi connectivity index (χ2n) is 4.41. The van der Waals surface area contributed by atoms with Gasteiger partial charge in [0.25, 0.3) is 10.0 Å². The van der Waals surface area contributed by atoms with Gasteiger partial charge in [-0.05, 0) is 26.0 Å². The number of hydrogen-bond acceptors (Lipinski definition) is 4. The molecular formula is C12H12F2N2O3S2. The first-order valence-electron chi connectivity index (χ1n) is 5.88. The van der Waals surface area contributed by atoms with E-state index in [9.17, 15) is 22.0 Å². The summed E-state index contributed by atoms with van der Waals surface area (Å²) in [6.07, 6.45) is 0. The molecule has 9 heteroatoms. The van der Waals surface area contributed by atoms with Crippen LogP contribution >= 0.6 is 11.3 Å². The molecule has 2 aromatic rings. The maximum atomic E-state index is 13.6. The molecule has 1 unspecified atom stereocenters. The predicted molar refractivity (Wildman–Crippen MR) is 74.8 cm³/mol. The molecule has 2 N–H and O–H groups in total. The van der Waals surface area contributed by atoms with Gasteiger partial charge >= 0.3 is 4.87 Å². The number of H-pyrrole nitrogens is 1. The van der Waals surface area contributed by atoms with Gasteiger partial charge in [0.1, 0.15) is 11.6 Å². The van der Waals surface area contributed by atoms with Crippen molar-refractivity contribution in [3.63, 3.8) is 0 Å². The Hall–Kier alpha value is -1.58. The minimum Gasteiger partial charge on any atom is -0.315 e. The smallest absolute Gasteiger partial charge is 0.305 e. The van der Waals surface area contributed by atoms with E-state index in [-0.39, 0.29) is 15.5 Å². The van der Waals surface area contributed by atoms with Crippen LogP contribution in [0, 0.1) is 18.6 Å². The quantitative estimate of drug-likeness (QED) is 0.898. The van der Waals surface area contributed by atoms with Crippen molar-refractivity contribution < 1.29 is 17.2 Å². The summed E-state index contributed by atoms with van der Waals surface area (Å²) in [5.41, 5.74) is -0.194. The van der Waals surface area contributed by atoms with E-state index in [0.29, 0.717) is 11.3 Å². The number of aryl methyl sites for hydroxylation is 1. The molecule has 0 fully saturated rings. The number of aromatic nitrogens is 1. The van der Waals surface area contributed by atoms with E-state index in [2.05, 4.69) is 9.71 Å². The van der Waals surface area contributed by atoms with Crippen LogP contribution in [0.15, 0.2) is 27.2 Å². The molecular weight excluding hydrogens is 322 g/mol. The Bertz CT molecular complexity index is 807. The minimum atomic E-state index is -4.05. The van der Waals surface area contributed by atoms with Crippen molar-refractivity contribution in [2.45, 2.75) is 24.1 Å². The largest absolute Gasteiger partial charge is 0.315 e. The standard InChI is InChI=1S/C12H12F2N2O3S2/c1-6(10-8(13)4-3-5-9(10)14)16-21(18,19)11-7(2)15-12(17)20-11/h3-6,16H,1-2H3,(H,15,17). The third-order valence-corrected chi connectivity index (χ3v) is 5.94. The Labute approximate surface area is 123 Å². The fourth-order valence-electron chi connectivity index (χ4n) is 1.92. The van der Waals surface area contributed by atoms with Crippen molar-refractivity contribution in [2.24, 2.45) is 0 Å². The summed E-state index contributed by atoms with van der Waals surface area (Å²) >= 11 is 0.518. The highest BCUT2D eigenvalue weighted by atomic mass is 32.2. The monoisotopic (exact) mass is 334 g/mol. The van der Waals surface area contributed by atoms with Crippen molar-refractivity contribution in [1.29, 1.82) is 0 Å². The summed E-state index contributed by atoms with van der Waals surface area (Å²) in [5, 5.41) is 0. The number of hydrogen-bond donors (Lipinski definition) is 2. The van der Waals surface area contributed by atoms with Gasteiger partial charge in [0.2, 0.25) is 0 Å². The molecule has 2 rings (SSSR count). The van der Waals surface area contributed by atoms with Crippen molar-refractivity contribution in [2.75, 3.05) is 0 Å². The number of thiazole rings is 1. The molecule has 0 aliphatic heterocycles. The van der Waals surface area contributed by atoms with Gasteiger partial charge in [0.05, 0.1) is 0 Å². The van der Waals surface area contributed by atoms with E-state index in [4.69, 9.17) is 0 Å². The lowest BCUT2D eigenvalue weighted by atomic mass is 10.1. The Morgan fingerprint density at radius 2 is 1.86 bits per heavy atom. The molecule has 1 atom stereocenters. The lowest BCUT2D eigenvalue weighted by molar-refractivity contribution is 0.515. The summed E-state index contributed by atoms with van der Waals surface area (Å²) in [6, 6.07) is 2.16. The predicted octanol–water partition coefficient (Wildman–Crippen LogP) is 2.06. The van der Waals surface area contributed by atoms with Crippen LogP contribution in [0.1, 0.15) is 24.2 Å². The van der Waals surface area contributed by atoms with Crippen LogP contribution in [0.4, 0.5) is 8.78 Å². The normalized spacial score (nSPS) is 13.3. The SMILES string of the molecule is Cc1[nH]c(=O)sc1S(=O)(=O)NC(C)c1c(F)cccc1F. The van der Waals surface area contributed by atoms with E-state index in [0.717, 1.165) is 12.1 Å². The topological polar surface area (TPSA) is 79.0 Å². The van der Waals surface area contributed by atoms with Gasteiger partial charge in [-0.1, -0.05) is 17.4 Å². The van der Waals surface area contributed by atoms with Crippen LogP contribution < -0.4 is 9.60 Å². The van der Waals surface area contributed by atoms with Crippen LogP contribution in [0.25, 0.3) is 0 Å². The first-order chi connectivity index (χ1) is 9.72. The van der Waals surface area contributed by atoms with Crippen LogP contribution in [-0.4, -0.2) is 13.4 Å². The summed E-state index contributed by atoms with van der Waals surface area (Å²) in [5.74, 6) is -1.69. The summed E-state index contributed by atoms with van der Waals surface area (Å²) < 4.78 is 53.6. The molecule has 0 bridgehead atoms. The van der Waals surface area contributed by atoms with Crippen LogP contribution in [0.3, 0.4) is 0 Å². The molecule has 0 radical (unpaired) electrons. The van der Waals surface area contributed by atoms with Gasteiger partial charge in [0, 0.05) is 17.3 Å². The average Bonchev–Trinajstić information content (AvgIpc) is 2.68.